The van der Waals surface area contributed by atoms with Gasteiger partial charge in [-0.3, -0.25) is 0 Å². The van der Waals surface area contributed by atoms with E-state index in [4.69, 9.17) is 11.6 Å². The van der Waals surface area contributed by atoms with Crippen molar-refractivity contribution < 1.29 is 0 Å². The Bertz CT molecular complexity index is 487. The summed E-state index contributed by atoms with van der Waals surface area (Å²) in [4.78, 5) is 4.20. The van der Waals surface area contributed by atoms with E-state index in [1.165, 1.54) is 11.8 Å². The fraction of sp³-hybridized carbons (Fsp3) is 0.125. The summed E-state index contributed by atoms with van der Waals surface area (Å²) in [6.07, 6.45) is 3.33. The van der Waals surface area contributed by atoms with Crippen LogP contribution in [-0.2, 0) is 7.05 Å². The maximum absolute atomic E-state index is 6.03. The molecule has 15 heavy (non-hydrogen) atoms. The van der Waals surface area contributed by atoms with Crippen LogP contribution in [0.3, 0.4) is 0 Å². The molecule has 0 saturated heterocycles. The van der Waals surface area contributed by atoms with Gasteiger partial charge in [0.1, 0.15) is 11.4 Å². The number of aryl methyl sites for hydroxylation is 1. The van der Waals surface area contributed by atoms with E-state index in [0.717, 1.165) is 14.7 Å². The summed E-state index contributed by atoms with van der Waals surface area (Å²) in [5.41, 5.74) is 0. The molecule has 4 nitrogen and oxygen atoms in total. The van der Waals surface area contributed by atoms with Gasteiger partial charge in [0.05, 0.1) is 5.02 Å². The van der Waals surface area contributed by atoms with Crippen LogP contribution in [0.4, 0.5) is 0 Å². The first-order valence-electron chi connectivity index (χ1n) is 3.99. The number of halogens is 2. The minimum atomic E-state index is 0.595. The Morgan fingerprint density at radius 2 is 2.33 bits per heavy atom. The van der Waals surface area contributed by atoms with E-state index in [9.17, 15) is 0 Å². The highest BCUT2D eigenvalue weighted by Gasteiger charge is 2.08. The Balaban J connectivity index is 2.29. The highest BCUT2D eigenvalue weighted by molar-refractivity contribution is 9.10. The van der Waals surface area contributed by atoms with Crippen LogP contribution in [0.2, 0.25) is 5.02 Å². The van der Waals surface area contributed by atoms with E-state index < -0.39 is 0 Å². The van der Waals surface area contributed by atoms with E-state index in [-0.39, 0.29) is 0 Å². The first-order valence-corrected chi connectivity index (χ1v) is 5.98. The highest BCUT2D eigenvalue weighted by atomic mass is 79.9. The summed E-state index contributed by atoms with van der Waals surface area (Å²) >= 11 is 10.7. The SMILES string of the molecule is Cn1cnnc1Sc1ncc(Br)cc1Cl. The third kappa shape index (κ3) is 2.50. The molecule has 0 radical (unpaired) electrons. The molecule has 2 aromatic heterocycles. The van der Waals surface area contributed by atoms with Gasteiger partial charge in [0.2, 0.25) is 0 Å². The molecular formula is C8H6BrClN4S. The summed E-state index contributed by atoms with van der Waals surface area (Å²) in [7, 11) is 1.87. The molecule has 2 heterocycles. The fourth-order valence-corrected chi connectivity index (χ4v) is 2.39. The molecule has 7 heteroatoms. The van der Waals surface area contributed by atoms with Crippen LogP contribution in [0.15, 0.2) is 33.2 Å². The molecule has 0 saturated carbocycles. The molecule has 0 fully saturated rings. The topological polar surface area (TPSA) is 43.6 Å². The Hall–Kier alpha value is -0.590. The van der Waals surface area contributed by atoms with E-state index >= 15 is 0 Å². The second-order valence-corrected chi connectivity index (χ2v) is 5.05. The normalized spacial score (nSPS) is 10.6. The van der Waals surface area contributed by atoms with Crippen LogP contribution in [0.1, 0.15) is 0 Å². The smallest absolute Gasteiger partial charge is 0.197 e. The van der Waals surface area contributed by atoms with Gasteiger partial charge >= 0.3 is 0 Å². The van der Waals surface area contributed by atoms with Gasteiger partial charge in [-0.15, -0.1) is 10.2 Å². The lowest BCUT2D eigenvalue weighted by atomic mass is 10.5. The molecule has 0 aliphatic carbocycles. The minimum Gasteiger partial charge on any atom is -0.311 e. The van der Waals surface area contributed by atoms with Gasteiger partial charge in [0, 0.05) is 17.7 Å². The number of nitrogens with zero attached hydrogens (tertiary/aromatic N) is 4. The Morgan fingerprint density at radius 3 is 2.93 bits per heavy atom. The van der Waals surface area contributed by atoms with Crippen LogP contribution < -0.4 is 0 Å². The van der Waals surface area contributed by atoms with Crippen molar-refractivity contribution in [3.63, 3.8) is 0 Å². The van der Waals surface area contributed by atoms with Gasteiger partial charge in [-0.2, -0.15) is 0 Å². The molecule has 0 unspecified atom stereocenters. The number of pyridine rings is 1. The Labute approximate surface area is 104 Å². The highest BCUT2D eigenvalue weighted by Crippen LogP contribution is 2.31. The maximum atomic E-state index is 6.03. The number of rotatable bonds is 2. The lowest BCUT2D eigenvalue weighted by molar-refractivity contribution is 0.787. The molecule has 2 aromatic rings. The first-order chi connectivity index (χ1) is 7.16. The molecule has 0 aromatic carbocycles. The van der Waals surface area contributed by atoms with Crippen LogP contribution in [0, 0.1) is 0 Å². The molecule has 0 amide bonds. The molecule has 0 aliphatic heterocycles. The predicted molar refractivity (Wildman–Crippen MR) is 62.1 cm³/mol. The van der Waals surface area contributed by atoms with E-state index in [2.05, 4.69) is 31.1 Å². The zero-order chi connectivity index (χ0) is 10.8. The summed E-state index contributed by atoms with van der Waals surface area (Å²) in [5, 5.41) is 9.79. The van der Waals surface area contributed by atoms with Crippen molar-refractivity contribution in [3.8, 4) is 0 Å². The van der Waals surface area contributed by atoms with Crippen molar-refractivity contribution in [2.75, 3.05) is 0 Å². The molecule has 0 N–H and O–H groups in total. The van der Waals surface area contributed by atoms with Gasteiger partial charge in [-0.25, -0.2) is 4.98 Å². The van der Waals surface area contributed by atoms with E-state index in [1.807, 2.05) is 11.6 Å². The van der Waals surface area contributed by atoms with E-state index in [1.54, 1.807) is 18.6 Å². The van der Waals surface area contributed by atoms with Crippen molar-refractivity contribution >= 4 is 39.3 Å². The van der Waals surface area contributed by atoms with Gasteiger partial charge in [0.15, 0.2) is 5.16 Å². The monoisotopic (exact) mass is 304 g/mol. The number of aromatic nitrogens is 4. The zero-order valence-corrected chi connectivity index (χ0v) is 10.8. The third-order valence-corrected chi connectivity index (χ3v) is 3.54. The molecular weight excluding hydrogens is 300 g/mol. The molecule has 78 valence electrons. The van der Waals surface area contributed by atoms with Crippen molar-refractivity contribution in [1.82, 2.24) is 19.7 Å². The Kier molecular flexibility index (Phi) is 3.28. The first kappa shape index (κ1) is 10.9. The fourth-order valence-electron chi connectivity index (χ4n) is 0.929. The van der Waals surface area contributed by atoms with Gasteiger partial charge in [-0.05, 0) is 33.8 Å². The minimum absolute atomic E-state index is 0.595. The van der Waals surface area contributed by atoms with Gasteiger partial charge < -0.3 is 4.57 Å². The van der Waals surface area contributed by atoms with Gasteiger partial charge in [0.25, 0.3) is 0 Å². The largest absolute Gasteiger partial charge is 0.311 e. The second kappa shape index (κ2) is 4.51. The summed E-state index contributed by atoms with van der Waals surface area (Å²) in [6, 6.07) is 1.80. The zero-order valence-electron chi connectivity index (χ0n) is 7.69. The lowest BCUT2D eigenvalue weighted by Gasteiger charge is -2.02. The third-order valence-electron chi connectivity index (χ3n) is 1.63. The number of hydrogen-bond donors (Lipinski definition) is 0. The molecule has 0 atom stereocenters. The number of hydrogen-bond acceptors (Lipinski definition) is 4. The molecule has 0 bridgehead atoms. The molecule has 2 rings (SSSR count). The van der Waals surface area contributed by atoms with Crippen LogP contribution in [-0.4, -0.2) is 19.7 Å². The standard InChI is InChI=1S/C8H6BrClN4S/c1-14-4-12-13-8(14)15-7-6(10)2-5(9)3-11-7/h2-4H,1H3. The molecule has 0 aliphatic rings. The summed E-state index contributed by atoms with van der Waals surface area (Å²) in [5.74, 6) is 0. The molecule has 0 spiro atoms. The predicted octanol–water partition coefficient (Wildman–Crippen LogP) is 2.78. The van der Waals surface area contributed by atoms with Crippen LogP contribution >= 0.6 is 39.3 Å². The Morgan fingerprint density at radius 1 is 1.53 bits per heavy atom. The van der Waals surface area contributed by atoms with Gasteiger partial charge in [-0.1, -0.05) is 11.6 Å². The van der Waals surface area contributed by atoms with Crippen molar-refractivity contribution in [2.45, 2.75) is 10.2 Å². The van der Waals surface area contributed by atoms with Crippen molar-refractivity contribution in [3.05, 3.63) is 28.1 Å². The van der Waals surface area contributed by atoms with Crippen LogP contribution in [0.5, 0.6) is 0 Å². The van der Waals surface area contributed by atoms with Crippen LogP contribution in [0.25, 0.3) is 0 Å². The van der Waals surface area contributed by atoms with Crippen molar-refractivity contribution in [1.29, 1.82) is 0 Å². The van der Waals surface area contributed by atoms with Crippen molar-refractivity contribution in [2.24, 2.45) is 7.05 Å². The second-order valence-electron chi connectivity index (χ2n) is 2.77. The lowest BCUT2D eigenvalue weighted by Crippen LogP contribution is -1.90. The average Bonchev–Trinajstić information content (AvgIpc) is 2.57. The average molecular weight is 306 g/mol. The van der Waals surface area contributed by atoms with E-state index in [0.29, 0.717) is 5.02 Å². The maximum Gasteiger partial charge on any atom is 0.197 e. The quantitative estimate of drug-likeness (QED) is 0.856. The summed E-state index contributed by atoms with van der Waals surface area (Å²) < 4.78 is 2.67. The summed E-state index contributed by atoms with van der Waals surface area (Å²) in [6.45, 7) is 0.